The monoisotopic (exact) mass is 270 g/mol. The summed E-state index contributed by atoms with van der Waals surface area (Å²) < 4.78 is 0. The summed E-state index contributed by atoms with van der Waals surface area (Å²) in [4.78, 5) is 2.70. The Balaban J connectivity index is 1.26. The molecule has 0 amide bonds. The first kappa shape index (κ1) is 12.8. The molecule has 1 heterocycles. The second-order valence-corrected chi connectivity index (χ2v) is 6.94. The average Bonchev–Trinajstić information content (AvgIpc) is 3.39. The lowest BCUT2D eigenvalue weighted by molar-refractivity contribution is 0.189. The van der Waals surface area contributed by atoms with Crippen LogP contribution in [0.25, 0.3) is 0 Å². The number of hydrogen-bond acceptors (Lipinski definition) is 2. The topological polar surface area (TPSA) is 15.3 Å². The zero-order valence-corrected chi connectivity index (χ0v) is 12.4. The van der Waals surface area contributed by atoms with E-state index in [1.807, 2.05) is 0 Å². The van der Waals surface area contributed by atoms with Crippen LogP contribution < -0.4 is 5.32 Å². The highest BCUT2D eigenvalue weighted by molar-refractivity contribution is 5.29. The number of hydrogen-bond donors (Lipinski definition) is 1. The lowest BCUT2D eigenvalue weighted by Gasteiger charge is -2.32. The van der Waals surface area contributed by atoms with Crippen LogP contribution in [0.2, 0.25) is 0 Å². The van der Waals surface area contributed by atoms with Crippen molar-refractivity contribution in [2.75, 3.05) is 13.1 Å². The first-order valence-corrected chi connectivity index (χ1v) is 8.45. The molecule has 1 aliphatic heterocycles. The highest BCUT2D eigenvalue weighted by atomic mass is 15.2. The van der Waals surface area contributed by atoms with Crippen molar-refractivity contribution in [2.24, 2.45) is 0 Å². The van der Waals surface area contributed by atoms with Crippen LogP contribution in [-0.4, -0.2) is 30.1 Å². The quantitative estimate of drug-likeness (QED) is 0.883. The summed E-state index contributed by atoms with van der Waals surface area (Å²) in [6, 6.07) is 10.9. The van der Waals surface area contributed by atoms with Crippen LogP contribution in [-0.2, 0) is 6.54 Å². The van der Waals surface area contributed by atoms with E-state index in [1.165, 1.54) is 57.2 Å². The average molecular weight is 270 g/mol. The molecule has 2 saturated carbocycles. The maximum absolute atomic E-state index is 3.78. The minimum atomic E-state index is 0.731. The summed E-state index contributed by atoms with van der Waals surface area (Å²) in [6.07, 6.45) is 8.36. The van der Waals surface area contributed by atoms with Crippen molar-refractivity contribution in [3.63, 3.8) is 0 Å². The van der Waals surface area contributed by atoms with Gasteiger partial charge in [-0.3, -0.25) is 0 Å². The van der Waals surface area contributed by atoms with Crippen LogP contribution in [0.15, 0.2) is 24.3 Å². The van der Waals surface area contributed by atoms with Crippen LogP contribution in [0, 0.1) is 0 Å². The maximum atomic E-state index is 3.78. The Hall–Kier alpha value is -0.860. The molecule has 0 radical (unpaired) electrons. The molecule has 0 aromatic heterocycles. The summed E-state index contributed by atoms with van der Waals surface area (Å²) >= 11 is 0. The van der Waals surface area contributed by atoms with Gasteiger partial charge in [0.1, 0.15) is 0 Å². The minimum Gasteiger partial charge on any atom is -0.310 e. The molecule has 4 rings (SSSR count). The van der Waals surface area contributed by atoms with Gasteiger partial charge < -0.3 is 10.2 Å². The van der Waals surface area contributed by atoms with E-state index in [-0.39, 0.29) is 0 Å². The van der Waals surface area contributed by atoms with Crippen LogP contribution in [0.3, 0.4) is 0 Å². The normalized spacial score (nSPS) is 25.0. The van der Waals surface area contributed by atoms with Gasteiger partial charge in [-0.2, -0.15) is 0 Å². The first-order chi connectivity index (χ1) is 9.88. The Labute approximate surface area is 122 Å². The van der Waals surface area contributed by atoms with E-state index >= 15 is 0 Å². The van der Waals surface area contributed by atoms with Crippen molar-refractivity contribution in [3.8, 4) is 0 Å². The number of piperidine rings is 1. The van der Waals surface area contributed by atoms with Gasteiger partial charge in [0.2, 0.25) is 0 Å². The number of nitrogens with one attached hydrogen (secondary N) is 1. The van der Waals surface area contributed by atoms with E-state index in [0.29, 0.717) is 0 Å². The van der Waals surface area contributed by atoms with Gasteiger partial charge in [-0.25, -0.2) is 0 Å². The van der Waals surface area contributed by atoms with Crippen molar-refractivity contribution >= 4 is 0 Å². The SMILES string of the molecule is c1cc(CNC2CCN(C3CC3)CC2)cc(C2CC2)c1. The lowest BCUT2D eigenvalue weighted by atomic mass is 10.0. The molecule has 20 heavy (non-hydrogen) atoms. The molecule has 0 bridgehead atoms. The molecule has 2 heteroatoms. The first-order valence-electron chi connectivity index (χ1n) is 8.45. The van der Waals surface area contributed by atoms with E-state index in [4.69, 9.17) is 0 Å². The molecule has 1 saturated heterocycles. The Morgan fingerprint density at radius 1 is 1.00 bits per heavy atom. The van der Waals surface area contributed by atoms with E-state index in [9.17, 15) is 0 Å². The Morgan fingerprint density at radius 2 is 1.80 bits per heavy atom. The second-order valence-electron chi connectivity index (χ2n) is 6.94. The second kappa shape index (κ2) is 5.50. The van der Waals surface area contributed by atoms with E-state index in [2.05, 4.69) is 34.5 Å². The van der Waals surface area contributed by atoms with Crippen LogP contribution in [0.4, 0.5) is 0 Å². The summed E-state index contributed by atoms with van der Waals surface area (Å²) in [5.41, 5.74) is 3.03. The fraction of sp³-hybridized carbons (Fsp3) is 0.667. The molecule has 1 N–H and O–H groups in total. The predicted octanol–water partition coefficient (Wildman–Crippen LogP) is 3.28. The highest BCUT2D eigenvalue weighted by Crippen LogP contribution is 2.40. The van der Waals surface area contributed by atoms with Gasteiger partial charge in [-0.15, -0.1) is 0 Å². The van der Waals surface area contributed by atoms with Crippen molar-refractivity contribution in [2.45, 2.75) is 63.1 Å². The molecular formula is C18H26N2. The molecule has 2 aliphatic carbocycles. The molecule has 1 aromatic carbocycles. The van der Waals surface area contributed by atoms with Gasteiger partial charge in [0.25, 0.3) is 0 Å². The third-order valence-electron chi connectivity index (χ3n) is 5.19. The Bertz CT molecular complexity index is 454. The zero-order chi connectivity index (χ0) is 13.4. The number of nitrogens with zero attached hydrogens (tertiary/aromatic N) is 1. The molecule has 3 aliphatic rings. The van der Waals surface area contributed by atoms with Gasteiger partial charge in [0.15, 0.2) is 0 Å². The minimum absolute atomic E-state index is 0.731. The third-order valence-corrected chi connectivity index (χ3v) is 5.19. The predicted molar refractivity (Wildman–Crippen MR) is 82.9 cm³/mol. The molecule has 1 aromatic rings. The molecule has 0 spiro atoms. The standard InChI is InChI=1S/C18H26N2/c1-2-14(12-16(3-1)15-4-5-15)13-19-17-8-10-20(11-9-17)18-6-7-18/h1-3,12,15,17-19H,4-11,13H2. The molecule has 3 fully saturated rings. The van der Waals surface area contributed by atoms with Gasteiger partial charge in [-0.05, 0) is 68.7 Å². The molecule has 0 unspecified atom stereocenters. The Kier molecular flexibility index (Phi) is 3.53. The maximum Gasteiger partial charge on any atom is 0.0208 e. The summed E-state index contributed by atoms with van der Waals surface area (Å²) in [5.74, 6) is 0.872. The van der Waals surface area contributed by atoms with Crippen molar-refractivity contribution < 1.29 is 0 Å². The van der Waals surface area contributed by atoms with Gasteiger partial charge in [0.05, 0.1) is 0 Å². The van der Waals surface area contributed by atoms with Gasteiger partial charge >= 0.3 is 0 Å². The van der Waals surface area contributed by atoms with E-state index < -0.39 is 0 Å². The smallest absolute Gasteiger partial charge is 0.0208 e. The Morgan fingerprint density at radius 3 is 2.50 bits per heavy atom. The summed E-state index contributed by atoms with van der Waals surface area (Å²) in [7, 11) is 0. The number of likely N-dealkylation sites (tertiary alicyclic amines) is 1. The molecular weight excluding hydrogens is 244 g/mol. The highest BCUT2D eigenvalue weighted by Gasteiger charge is 2.31. The summed E-state index contributed by atoms with van der Waals surface area (Å²) in [6.45, 7) is 3.67. The molecule has 0 atom stereocenters. The number of benzene rings is 1. The van der Waals surface area contributed by atoms with Gasteiger partial charge in [-0.1, -0.05) is 24.3 Å². The van der Waals surface area contributed by atoms with E-state index in [0.717, 1.165) is 24.5 Å². The fourth-order valence-electron chi connectivity index (χ4n) is 3.54. The van der Waals surface area contributed by atoms with E-state index in [1.54, 1.807) is 5.56 Å². The van der Waals surface area contributed by atoms with Gasteiger partial charge in [0, 0.05) is 18.6 Å². The molecule has 108 valence electrons. The van der Waals surface area contributed by atoms with Crippen LogP contribution >= 0.6 is 0 Å². The zero-order valence-electron chi connectivity index (χ0n) is 12.4. The fourth-order valence-corrected chi connectivity index (χ4v) is 3.54. The van der Waals surface area contributed by atoms with Crippen molar-refractivity contribution in [1.29, 1.82) is 0 Å². The van der Waals surface area contributed by atoms with Crippen molar-refractivity contribution in [3.05, 3.63) is 35.4 Å². The van der Waals surface area contributed by atoms with Crippen LogP contribution in [0.1, 0.15) is 55.6 Å². The van der Waals surface area contributed by atoms with Crippen LogP contribution in [0.5, 0.6) is 0 Å². The number of rotatable bonds is 5. The third kappa shape index (κ3) is 3.07. The van der Waals surface area contributed by atoms with Crippen molar-refractivity contribution in [1.82, 2.24) is 10.2 Å². The molecule has 2 nitrogen and oxygen atoms in total. The summed E-state index contributed by atoms with van der Waals surface area (Å²) in [5, 5.41) is 3.78. The lowest BCUT2D eigenvalue weighted by Crippen LogP contribution is -2.43. The largest absolute Gasteiger partial charge is 0.310 e.